The van der Waals surface area contributed by atoms with E-state index in [0.29, 0.717) is 38.1 Å². The first-order chi connectivity index (χ1) is 17.5. The molecule has 1 amide bonds. The van der Waals surface area contributed by atoms with Crippen LogP contribution in [0.25, 0.3) is 0 Å². The van der Waals surface area contributed by atoms with Gasteiger partial charge in [-0.05, 0) is 35.6 Å². The number of aromatic hydroxyl groups is 1. The Labute approximate surface area is 216 Å². The van der Waals surface area contributed by atoms with Gasteiger partial charge in [0.2, 0.25) is 5.91 Å². The summed E-state index contributed by atoms with van der Waals surface area (Å²) in [5.74, 6) is 0.658. The normalized spacial score (nSPS) is 11.4. The smallest absolute Gasteiger partial charge is 0.223 e. The molecule has 5 heteroatoms. The number of carbonyl (C=O) groups is 2. The maximum atomic E-state index is 12.0. The zero-order valence-electron chi connectivity index (χ0n) is 21.3. The van der Waals surface area contributed by atoms with Crippen LogP contribution in [0, 0.1) is 0 Å². The number of nitrogens with one attached hydrogen (secondary N) is 1. The maximum absolute atomic E-state index is 12.0. The van der Waals surface area contributed by atoms with E-state index in [0.717, 1.165) is 31.5 Å². The molecule has 0 saturated carbocycles. The van der Waals surface area contributed by atoms with Gasteiger partial charge in [-0.15, -0.1) is 26.3 Å². The second-order valence-electron chi connectivity index (χ2n) is 8.22. The van der Waals surface area contributed by atoms with Gasteiger partial charge in [-0.2, -0.15) is 0 Å². The van der Waals surface area contributed by atoms with Crippen molar-refractivity contribution in [2.45, 2.75) is 32.1 Å². The van der Waals surface area contributed by atoms with Gasteiger partial charge in [0.15, 0.2) is 0 Å². The second kappa shape index (κ2) is 18.6. The number of hydrogen-bond acceptors (Lipinski definition) is 4. The Bertz CT molecular complexity index is 979. The summed E-state index contributed by atoms with van der Waals surface area (Å²) in [6.45, 7) is 17.1. The first-order valence-corrected chi connectivity index (χ1v) is 12.2. The molecule has 0 atom stereocenters. The van der Waals surface area contributed by atoms with Crippen molar-refractivity contribution < 1.29 is 14.7 Å². The molecule has 0 heterocycles. The van der Waals surface area contributed by atoms with Gasteiger partial charge in [0.25, 0.3) is 0 Å². The quantitative estimate of drug-likeness (QED) is 0.336. The summed E-state index contributed by atoms with van der Waals surface area (Å²) >= 11 is 0. The van der Waals surface area contributed by atoms with Gasteiger partial charge >= 0.3 is 0 Å². The van der Waals surface area contributed by atoms with E-state index in [4.69, 9.17) is 0 Å². The molecule has 0 radical (unpaired) electrons. The number of fused-ring (bicyclic) bond motifs is 1. The number of ketones is 1. The van der Waals surface area contributed by atoms with Gasteiger partial charge in [-0.25, -0.2) is 0 Å². The SMILES string of the molecule is C=CCN(CC=C)C(=O)CCc1ccccc1O.C=CCNCC=C.O=C1CCc2ccccc2C1. The Morgan fingerprint density at radius 2 is 1.44 bits per heavy atom. The monoisotopic (exact) mass is 488 g/mol. The molecule has 2 aromatic carbocycles. The average Bonchev–Trinajstić information content (AvgIpc) is 2.89. The van der Waals surface area contributed by atoms with E-state index in [2.05, 4.69) is 37.7 Å². The Hall–Kier alpha value is -3.70. The minimum Gasteiger partial charge on any atom is -0.508 e. The van der Waals surface area contributed by atoms with Crippen LogP contribution in [0.4, 0.5) is 0 Å². The maximum Gasteiger partial charge on any atom is 0.223 e. The number of amides is 1. The van der Waals surface area contributed by atoms with Crippen molar-refractivity contribution in [3.63, 3.8) is 0 Å². The highest BCUT2D eigenvalue weighted by Gasteiger charge is 2.13. The van der Waals surface area contributed by atoms with Crippen molar-refractivity contribution in [3.8, 4) is 5.75 Å². The van der Waals surface area contributed by atoms with Crippen LogP contribution in [0.15, 0.2) is 99.2 Å². The summed E-state index contributed by atoms with van der Waals surface area (Å²) in [6.07, 6.45) is 10.3. The number of benzene rings is 2. The molecular formula is C31H40N2O3. The Kier molecular flexibility index (Phi) is 15.7. The lowest BCUT2D eigenvalue weighted by atomic mass is 9.91. The molecule has 0 fully saturated rings. The van der Waals surface area contributed by atoms with E-state index in [1.54, 1.807) is 29.2 Å². The molecule has 1 aliphatic carbocycles. The Balaban J connectivity index is 0.000000304. The van der Waals surface area contributed by atoms with Crippen LogP contribution in [-0.2, 0) is 28.9 Å². The van der Waals surface area contributed by atoms with Crippen LogP contribution >= 0.6 is 0 Å². The molecule has 36 heavy (non-hydrogen) atoms. The zero-order chi connectivity index (χ0) is 26.6. The van der Waals surface area contributed by atoms with E-state index in [9.17, 15) is 14.7 Å². The minimum atomic E-state index is 0.0399. The van der Waals surface area contributed by atoms with Gasteiger partial charge in [-0.3, -0.25) is 9.59 Å². The van der Waals surface area contributed by atoms with Crippen LogP contribution < -0.4 is 5.32 Å². The fraction of sp³-hybridized carbons (Fsp3) is 0.290. The molecule has 192 valence electrons. The van der Waals surface area contributed by atoms with Crippen molar-refractivity contribution in [2.75, 3.05) is 26.2 Å². The molecule has 0 unspecified atom stereocenters. The average molecular weight is 489 g/mol. The van der Waals surface area contributed by atoms with E-state index < -0.39 is 0 Å². The number of hydrogen-bond donors (Lipinski definition) is 2. The molecule has 0 aliphatic heterocycles. The molecule has 5 nitrogen and oxygen atoms in total. The summed E-state index contributed by atoms with van der Waals surface area (Å²) in [4.78, 5) is 24.7. The molecule has 0 saturated heterocycles. The van der Waals surface area contributed by atoms with E-state index in [-0.39, 0.29) is 11.7 Å². The predicted molar refractivity (Wildman–Crippen MR) is 150 cm³/mol. The van der Waals surface area contributed by atoms with E-state index >= 15 is 0 Å². The van der Waals surface area contributed by atoms with Crippen LogP contribution in [0.2, 0.25) is 0 Å². The van der Waals surface area contributed by atoms with E-state index in [1.165, 1.54) is 11.1 Å². The minimum absolute atomic E-state index is 0.0399. The summed E-state index contributed by atoms with van der Waals surface area (Å²) in [5.41, 5.74) is 3.37. The van der Waals surface area contributed by atoms with Crippen molar-refractivity contribution in [2.24, 2.45) is 0 Å². The van der Waals surface area contributed by atoms with Crippen LogP contribution in [-0.4, -0.2) is 47.9 Å². The van der Waals surface area contributed by atoms with E-state index in [1.807, 2.05) is 42.5 Å². The third kappa shape index (κ3) is 12.1. The number of para-hydroxylation sites is 1. The first kappa shape index (κ1) is 30.3. The number of aryl methyl sites for hydroxylation is 2. The fourth-order valence-corrected chi connectivity index (χ4v) is 3.55. The highest BCUT2D eigenvalue weighted by molar-refractivity contribution is 5.83. The first-order valence-electron chi connectivity index (χ1n) is 12.2. The topological polar surface area (TPSA) is 69.6 Å². The van der Waals surface area contributed by atoms with Gasteiger partial charge in [-0.1, -0.05) is 66.8 Å². The number of phenolic OH excluding ortho intramolecular Hbond substituents is 1. The largest absolute Gasteiger partial charge is 0.508 e. The number of nitrogens with zero attached hydrogens (tertiary/aromatic N) is 1. The van der Waals surface area contributed by atoms with Crippen LogP contribution in [0.1, 0.15) is 29.5 Å². The molecular weight excluding hydrogens is 448 g/mol. The van der Waals surface area contributed by atoms with Crippen molar-refractivity contribution in [3.05, 3.63) is 116 Å². The lowest BCUT2D eigenvalue weighted by Gasteiger charge is -2.19. The Morgan fingerprint density at radius 1 is 0.861 bits per heavy atom. The molecule has 0 spiro atoms. The molecule has 3 rings (SSSR count). The summed E-state index contributed by atoms with van der Waals surface area (Å²) in [6, 6.07) is 15.3. The Morgan fingerprint density at radius 3 is 2.03 bits per heavy atom. The second-order valence-corrected chi connectivity index (χ2v) is 8.22. The third-order valence-electron chi connectivity index (χ3n) is 5.41. The summed E-state index contributed by atoms with van der Waals surface area (Å²) in [7, 11) is 0. The van der Waals surface area contributed by atoms with Crippen molar-refractivity contribution in [1.82, 2.24) is 10.2 Å². The molecule has 1 aliphatic rings. The number of rotatable bonds is 11. The number of carbonyl (C=O) groups excluding carboxylic acids is 2. The zero-order valence-corrected chi connectivity index (χ0v) is 21.3. The lowest BCUT2D eigenvalue weighted by Crippen LogP contribution is -2.31. The van der Waals surface area contributed by atoms with Gasteiger partial charge < -0.3 is 15.3 Å². The number of phenols is 1. The predicted octanol–water partition coefficient (Wildman–Crippen LogP) is 5.22. The molecule has 0 bridgehead atoms. The van der Waals surface area contributed by atoms with Crippen molar-refractivity contribution in [1.29, 1.82) is 0 Å². The van der Waals surface area contributed by atoms with Gasteiger partial charge in [0, 0.05) is 45.4 Å². The van der Waals surface area contributed by atoms with Gasteiger partial charge in [0.1, 0.15) is 11.5 Å². The van der Waals surface area contributed by atoms with Crippen LogP contribution in [0.3, 0.4) is 0 Å². The molecule has 0 aromatic heterocycles. The number of Topliss-reactive ketones (excluding diaryl/α,β-unsaturated/α-hetero) is 1. The van der Waals surface area contributed by atoms with Gasteiger partial charge in [0.05, 0.1) is 0 Å². The third-order valence-corrected chi connectivity index (χ3v) is 5.41. The fourth-order valence-electron chi connectivity index (χ4n) is 3.55. The molecule has 2 aromatic rings. The summed E-state index contributed by atoms with van der Waals surface area (Å²) < 4.78 is 0. The van der Waals surface area contributed by atoms with Crippen molar-refractivity contribution >= 4 is 11.7 Å². The highest BCUT2D eigenvalue weighted by atomic mass is 16.3. The van der Waals surface area contributed by atoms with Crippen LogP contribution in [0.5, 0.6) is 5.75 Å². The summed E-state index contributed by atoms with van der Waals surface area (Å²) in [5, 5.41) is 12.7. The standard InChI is InChI=1S/C15H19NO2.C10H10O.C6H11N/c1-3-11-16(12-4-2)15(18)10-9-13-7-5-6-8-14(13)17;11-10-6-5-8-3-1-2-4-9(8)7-10;1-3-5-7-6-4-2/h3-8,17H,1-2,9-12H2;1-4H,5-7H2;3-4,7H,1-2,5-6H2. The highest BCUT2D eigenvalue weighted by Crippen LogP contribution is 2.18. The molecule has 2 N–H and O–H groups in total. The lowest BCUT2D eigenvalue weighted by molar-refractivity contribution is -0.130.